The molecule has 0 bridgehead atoms. The van der Waals surface area contributed by atoms with E-state index in [1.54, 1.807) is 26.2 Å². The lowest BCUT2D eigenvalue weighted by Crippen LogP contribution is -2.44. The SMILES string of the molecule is COc1ccc(Br)cc1/C=C/C(=O)NC(C)C(=O)NCc1ccccc1. The number of rotatable bonds is 7. The molecular weight excluding hydrogens is 396 g/mol. The minimum atomic E-state index is -0.639. The van der Waals surface area contributed by atoms with Crippen molar-refractivity contribution in [3.8, 4) is 5.75 Å². The van der Waals surface area contributed by atoms with Gasteiger partial charge < -0.3 is 15.4 Å². The van der Waals surface area contributed by atoms with Crippen molar-refractivity contribution in [3.05, 3.63) is 70.2 Å². The van der Waals surface area contributed by atoms with Crippen molar-refractivity contribution < 1.29 is 14.3 Å². The van der Waals surface area contributed by atoms with Crippen LogP contribution in [0.25, 0.3) is 6.08 Å². The van der Waals surface area contributed by atoms with Crippen LogP contribution < -0.4 is 15.4 Å². The smallest absolute Gasteiger partial charge is 0.244 e. The second-order valence-electron chi connectivity index (χ2n) is 5.65. The minimum Gasteiger partial charge on any atom is -0.496 e. The number of nitrogens with one attached hydrogen (secondary N) is 2. The summed E-state index contributed by atoms with van der Waals surface area (Å²) in [6.07, 6.45) is 3.03. The molecule has 1 atom stereocenters. The molecule has 0 spiro atoms. The van der Waals surface area contributed by atoms with E-state index in [9.17, 15) is 9.59 Å². The number of ether oxygens (including phenoxy) is 1. The van der Waals surface area contributed by atoms with Crippen LogP contribution in [0.5, 0.6) is 5.75 Å². The van der Waals surface area contributed by atoms with Crippen LogP contribution in [-0.4, -0.2) is 25.0 Å². The van der Waals surface area contributed by atoms with E-state index in [1.807, 2.05) is 42.5 Å². The van der Waals surface area contributed by atoms with Crippen molar-refractivity contribution >= 4 is 33.8 Å². The van der Waals surface area contributed by atoms with Crippen LogP contribution in [0, 0.1) is 0 Å². The number of amides is 2. The first kappa shape index (κ1) is 19.7. The van der Waals surface area contributed by atoms with Gasteiger partial charge in [0.25, 0.3) is 0 Å². The van der Waals surface area contributed by atoms with Crippen molar-refractivity contribution in [2.45, 2.75) is 19.5 Å². The Morgan fingerprint density at radius 1 is 1.19 bits per heavy atom. The number of hydrogen-bond donors (Lipinski definition) is 2. The van der Waals surface area contributed by atoms with Crippen LogP contribution >= 0.6 is 15.9 Å². The fraction of sp³-hybridized carbons (Fsp3) is 0.200. The molecule has 26 heavy (non-hydrogen) atoms. The molecule has 5 nitrogen and oxygen atoms in total. The highest BCUT2D eigenvalue weighted by molar-refractivity contribution is 9.10. The third kappa shape index (κ3) is 6.04. The van der Waals surface area contributed by atoms with Gasteiger partial charge in [-0.3, -0.25) is 9.59 Å². The van der Waals surface area contributed by atoms with Gasteiger partial charge in [-0.1, -0.05) is 46.3 Å². The van der Waals surface area contributed by atoms with E-state index in [2.05, 4.69) is 26.6 Å². The summed E-state index contributed by atoms with van der Waals surface area (Å²) in [7, 11) is 1.57. The molecule has 1 unspecified atom stereocenters. The fourth-order valence-electron chi connectivity index (χ4n) is 2.27. The zero-order valence-electron chi connectivity index (χ0n) is 14.7. The summed E-state index contributed by atoms with van der Waals surface area (Å²) in [5.74, 6) is 0.0657. The highest BCUT2D eigenvalue weighted by atomic mass is 79.9. The molecule has 2 aromatic rings. The van der Waals surface area contributed by atoms with Crippen LogP contribution in [0.1, 0.15) is 18.1 Å². The molecule has 0 aromatic heterocycles. The van der Waals surface area contributed by atoms with Gasteiger partial charge in [-0.2, -0.15) is 0 Å². The van der Waals surface area contributed by atoms with Gasteiger partial charge in [0.15, 0.2) is 0 Å². The summed E-state index contributed by atoms with van der Waals surface area (Å²) in [6, 6.07) is 14.5. The number of carbonyl (C=O) groups excluding carboxylic acids is 2. The Hall–Kier alpha value is -2.60. The predicted molar refractivity (Wildman–Crippen MR) is 106 cm³/mol. The van der Waals surface area contributed by atoms with Gasteiger partial charge in [0.05, 0.1) is 7.11 Å². The van der Waals surface area contributed by atoms with E-state index in [-0.39, 0.29) is 11.8 Å². The van der Waals surface area contributed by atoms with Gasteiger partial charge in [0.1, 0.15) is 11.8 Å². The van der Waals surface area contributed by atoms with Gasteiger partial charge in [0.2, 0.25) is 11.8 Å². The monoisotopic (exact) mass is 416 g/mol. The van der Waals surface area contributed by atoms with E-state index in [0.29, 0.717) is 12.3 Å². The van der Waals surface area contributed by atoms with E-state index >= 15 is 0 Å². The van der Waals surface area contributed by atoms with Gasteiger partial charge >= 0.3 is 0 Å². The molecule has 2 N–H and O–H groups in total. The lowest BCUT2D eigenvalue weighted by molar-refractivity contribution is -0.126. The molecular formula is C20H21BrN2O3. The van der Waals surface area contributed by atoms with Crippen molar-refractivity contribution in [1.82, 2.24) is 10.6 Å². The first-order chi connectivity index (χ1) is 12.5. The topological polar surface area (TPSA) is 67.4 Å². The van der Waals surface area contributed by atoms with Gasteiger partial charge in [-0.15, -0.1) is 0 Å². The summed E-state index contributed by atoms with van der Waals surface area (Å²) in [5, 5.41) is 5.45. The fourth-order valence-corrected chi connectivity index (χ4v) is 2.64. The molecule has 136 valence electrons. The second kappa shape index (κ2) is 9.77. The summed E-state index contributed by atoms with van der Waals surface area (Å²) < 4.78 is 6.14. The summed E-state index contributed by atoms with van der Waals surface area (Å²) in [4.78, 5) is 24.2. The quantitative estimate of drug-likeness (QED) is 0.680. The first-order valence-corrected chi connectivity index (χ1v) is 8.92. The summed E-state index contributed by atoms with van der Waals surface area (Å²) in [6.45, 7) is 2.07. The number of benzene rings is 2. The Morgan fingerprint density at radius 3 is 2.62 bits per heavy atom. The Balaban J connectivity index is 1.88. The maximum absolute atomic E-state index is 12.1. The molecule has 0 aliphatic carbocycles. The third-order valence-corrected chi connectivity index (χ3v) is 4.16. The van der Waals surface area contributed by atoms with Gasteiger partial charge in [0, 0.05) is 22.7 Å². The zero-order valence-corrected chi connectivity index (χ0v) is 16.2. The Labute approximate surface area is 161 Å². The van der Waals surface area contributed by atoms with E-state index in [4.69, 9.17) is 4.74 Å². The standard InChI is InChI=1S/C20H21BrN2O3/c1-14(20(25)22-13-15-6-4-3-5-7-15)23-19(24)11-8-16-12-17(21)9-10-18(16)26-2/h3-12,14H,13H2,1-2H3,(H,22,25)(H,23,24)/b11-8+. The van der Waals surface area contributed by atoms with Crippen LogP contribution in [0.2, 0.25) is 0 Å². The van der Waals surface area contributed by atoms with E-state index in [0.717, 1.165) is 15.6 Å². The van der Waals surface area contributed by atoms with Crippen LogP contribution in [0.15, 0.2) is 59.1 Å². The minimum absolute atomic E-state index is 0.240. The normalized spacial score (nSPS) is 11.8. The van der Waals surface area contributed by atoms with Crippen molar-refractivity contribution in [2.24, 2.45) is 0 Å². The zero-order chi connectivity index (χ0) is 18.9. The lowest BCUT2D eigenvalue weighted by Gasteiger charge is -2.13. The molecule has 2 rings (SSSR count). The summed E-state index contributed by atoms with van der Waals surface area (Å²) >= 11 is 3.39. The van der Waals surface area contributed by atoms with Gasteiger partial charge in [-0.05, 0) is 36.8 Å². The highest BCUT2D eigenvalue weighted by Crippen LogP contribution is 2.23. The molecule has 0 aliphatic heterocycles. The maximum Gasteiger partial charge on any atom is 0.244 e. The van der Waals surface area contributed by atoms with Crippen molar-refractivity contribution in [1.29, 1.82) is 0 Å². The number of carbonyl (C=O) groups is 2. The number of halogens is 1. The van der Waals surface area contributed by atoms with Crippen molar-refractivity contribution in [3.63, 3.8) is 0 Å². The molecule has 2 aromatic carbocycles. The largest absolute Gasteiger partial charge is 0.496 e. The van der Waals surface area contributed by atoms with Crippen LogP contribution in [0.4, 0.5) is 0 Å². The third-order valence-electron chi connectivity index (χ3n) is 3.67. The number of methoxy groups -OCH3 is 1. The molecule has 0 radical (unpaired) electrons. The van der Waals surface area contributed by atoms with Gasteiger partial charge in [-0.25, -0.2) is 0 Å². The van der Waals surface area contributed by atoms with Crippen LogP contribution in [0.3, 0.4) is 0 Å². The second-order valence-corrected chi connectivity index (χ2v) is 6.57. The molecule has 0 saturated carbocycles. The maximum atomic E-state index is 12.1. The lowest BCUT2D eigenvalue weighted by atomic mass is 10.2. The van der Waals surface area contributed by atoms with Crippen LogP contribution in [-0.2, 0) is 16.1 Å². The van der Waals surface area contributed by atoms with E-state index < -0.39 is 6.04 Å². The van der Waals surface area contributed by atoms with Crippen molar-refractivity contribution in [2.75, 3.05) is 7.11 Å². The molecule has 2 amide bonds. The Morgan fingerprint density at radius 2 is 1.92 bits per heavy atom. The highest BCUT2D eigenvalue weighted by Gasteiger charge is 2.14. The number of hydrogen-bond acceptors (Lipinski definition) is 3. The first-order valence-electron chi connectivity index (χ1n) is 8.13. The Bertz CT molecular complexity index is 791. The molecule has 6 heteroatoms. The molecule has 0 heterocycles. The predicted octanol–water partition coefficient (Wildman–Crippen LogP) is 3.29. The molecule has 0 saturated heterocycles. The average Bonchev–Trinajstić information content (AvgIpc) is 2.65. The Kier molecular flexibility index (Phi) is 7.41. The summed E-state index contributed by atoms with van der Waals surface area (Å²) in [5.41, 5.74) is 1.76. The molecule has 0 fully saturated rings. The molecule has 0 aliphatic rings. The van der Waals surface area contributed by atoms with E-state index in [1.165, 1.54) is 6.08 Å². The average molecular weight is 417 g/mol.